The van der Waals surface area contributed by atoms with Crippen LogP contribution in [0.25, 0.3) is 5.69 Å². The molecule has 0 aliphatic carbocycles. The van der Waals surface area contributed by atoms with Gasteiger partial charge in [-0.25, -0.2) is 4.68 Å². The van der Waals surface area contributed by atoms with E-state index in [1.54, 1.807) is 28.9 Å². The van der Waals surface area contributed by atoms with Crippen LogP contribution in [-0.2, 0) is 17.0 Å². The zero-order valence-electron chi connectivity index (χ0n) is 13.2. The summed E-state index contributed by atoms with van der Waals surface area (Å²) >= 11 is 1.74. The normalized spacial score (nSPS) is 10.7. The highest BCUT2D eigenvalue weighted by Gasteiger charge is 2.06. The van der Waals surface area contributed by atoms with Gasteiger partial charge >= 0.3 is 0 Å². The molecule has 0 spiro atoms. The van der Waals surface area contributed by atoms with Gasteiger partial charge < -0.3 is 9.73 Å². The van der Waals surface area contributed by atoms with Gasteiger partial charge in [-0.3, -0.25) is 4.79 Å². The van der Waals surface area contributed by atoms with Crippen LogP contribution < -0.4 is 5.32 Å². The third-order valence-electron chi connectivity index (χ3n) is 3.41. The summed E-state index contributed by atoms with van der Waals surface area (Å²) < 4.78 is 7.04. The molecule has 0 fully saturated rings. The zero-order valence-corrected chi connectivity index (χ0v) is 14.0. The SMILES string of the molecule is O=C(Cc1cnn(-c2ccccc2)c1)NCCSCc1ccco1. The number of nitrogens with zero attached hydrogens (tertiary/aromatic N) is 2. The van der Waals surface area contributed by atoms with E-state index in [1.807, 2.05) is 48.7 Å². The van der Waals surface area contributed by atoms with E-state index in [4.69, 9.17) is 4.42 Å². The molecule has 0 atom stereocenters. The molecule has 0 bridgehead atoms. The Morgan fingerprint density at radius 2 is 2.08 bits per heavy atom. The predicted octanol–water partition coefficient (Wildman–Crippen LogP) is 3.06. The van der Waals surface area contributed by atoms with E-state index in [0.29, 0.717) is 13.0 Å². The number of aromatic nitrogens is 2. The first-order valence-corrected chi connectivity index (χ1v) is 8.92. The van der Waals surface area contributed by atoms with Crippen molar-refractivity contribution in [1.82, 2.24) is 15.1 Å². The van der Waals surface area contributed by atoms with Crippen LogP contribution in [0.4, 0.5) is 0 Å². The second kappa shape index (κ2) is 8.40. The van der Waals surface area contributed by atoms with Crippen LogP contribution in [0.1, 0.15) is 11.3 Å². The highest BCUT2D eigenvalue weighted by atomic mass is 32.2. The predicted molar refractivity (Wildman–Crippen MR) is 95.1 cm³/mol. The van der Waals surface area contributed by atoms with E-state index >= 15 is 0 Å². The number of furan rings is 1. The van der Waals surface area contributed by atoms with Crippen LogP contribution in [0.15, 0.2) is 65.5 Å². The minimum atomic E-state index is 0.0150. The van der Waals surface area contributed by atoms with Gasteiger partial charge in [0.2, 0.25) is 5.91 Å². The van der Waals surface area contributed by atoms with Gasteiger partial charge in [0.05, 0.1) is 30.3 Å². The molecule has 3 rings (SSSR count). The summed E-state index contributed by atoms with van der Waals surface area (Å²) in [6, 6.07) is 13.7. The van der Waals surface area contributed by atoms with Crippen molar-refractivity contribution in [2.45, 2.75) is 12.2 Å². The maximum atomic E-state index is 12.0. The molecule has 0 aliphatic rings. The number of carbonyl (C=O) groups excluding carboxylic acids is 1. The van der Waals surface area contributed by atoms with E-state index in [-0.39, 0.29) is 5.91 Å². The average molecular weight is 341 g/mol. The standard InChI is InChI=1S/C18H19N3O2S/c22-18(19-8-10-24-14-17-7-4-9-23-17)11-15-12-20-21(13-15)16-5-2-1-3-6-16/h1-7,9,12-13H,8,10-11,14H2,(H,19,22). The van der Waals surface area contributed by atoms with Gasteiger partial charge in [0.15, 0.2) is 0 Å². The third-order valence-corrected chi connectivity index (χ3v) is 4.40. The topological polar surface area (TPSA) is 60.1 Å². The Labute approximate surface area is 145 Å². The molecule has 124 valence electrons. The molecule has 3 aromatic rings. The minimum Gasteiger partial charge on any atom is -0.468 e. The van der Waals surface area contributed by atoms with Gasteiger partial charge in [-0.05, 0) is 29.8 Å². The summed E-state index contributed by atoms with van der Waals surface area (Å²) in [7, 11) is 0. The van der Waals surface area contributed by atoms with E-state index in [1.165, 1.54) is 0 Å². The van der Waals surface area contributed by atoms with Crippen molar-refractivity contribution < 1.29 is 9.21 Å². The second-order valence-electron chi connectivity index (χ2n) is 5.29. The Balaban J connectivity index is 1.38. The lowest BCUT2D eigenvalue weighted by Gasteiger charge is -2.03. The molecule has 1 aromatic carbocycles. The molecule has 2 heterocycles. The first-order valence-electron chi connectivity index (χ1n) is 7.77. The van der Waals surface area contributed by atoms with Gasteiger partial charge in [0, 0.05) is 18.5 Å². The molecule has 1 amide bonds. The van der Waals surface area contributed by atoms with Gasteiger partial charge in [0.25, 0.3) is 0 Å². The molecule has 2 aromatic heterocycles. The number of amides is 1. The molecule has 1 N–H and O–H groups in total. The van der Waals surface area contributed by atoms with Crippen LogP contribution in [0, 0.1) is 0 Å². The van der Waals surface area contributed by atoms with Crippen LogP contribution in [0.3, 0.4) is 0 Å². The Morgan fingerprint density at radius 1 is 1.21 bits per heavy atom. The average Bonchev–Trinajstić information content (AvgIpc) is 3.27. The van der Waals surface area contributed by atoms with Crippen molar-refractivity contribution >= 4 is 17.7 Å². The summed E-state index contributed by atoms with van der Waals surface area (Å²) in [6.45, 7) is 0.650. The molecule has 0 saturated heterocycles. The van der Waals surface area contributed by atoms with Gasteiger partial charge in [-0.1, -0.05) is 18.2 Å². The van der Waals surface area contributed by atoms with Crippen LogP contribution in [0.2, 0.25) is 0 Å². The largest absolute Gasteiger partial charge is 0.468 e. The number of thioether (sulfide) groups is 1. The van der Waals surface area contributed by atoms with Crippen LogP contribution in [0.5, 0.6) is 0 Å². The van der Waals surface area contributed by atoms with E-state index in [2.05, 4.69) is 10.4 Å². The lowest BCUT2D eigenvalue weighted by molar-refractivity contribution is -0.120. The smallest absolute Gasteiger partial charge is 0.224 e. The number of benzene rings is 1. The monoisotopic (exact) mass is 341 g/mol. The van der Waals surface area contributed by atoms with Crippen molar-refractivity contribution in [3.8, 4) is 5.69 Å². The molecule has 0 radical (unpaired) electrons. The maximum absolute atomic E-state index is 12.0. The first kappa shape index (κ1) is 16.4. The third kappa shape index (κ3) is 4.76. The molecule has 0 unspecified atom stereocenters. The summed E-state index contributed by atoms with van der Waals surface area (Å²) in [5.74, 6) is 2.66. The fourth-order valence-electron chi connectivity index (χ4n) is 2.25. The quantitative estimate of drug-likeness (QED) is 0.640. The Kier molecular flexibility index (Phi) is 5.74. The number of carbonyl (C=O) groups is 1. The van der Waals surface area contributed by atoms with Gasteiger partial charge in [0.1, 0.15) is 5.76 Å². The molecule has 6 heteroatoms. The number of hydrogen-bond acceptors (Lipinski definition) is 4. The van der Waals surface area contributed by atoms with E-state index < -0.39 is 0 Å². The van der Waals surface area contributed by atoms with E-state index in [9.17, 15) is 4.79 Å². The van der Waals surface area contributed by atoms with Crippen molar-refractivity contribution in [1.29, 1.82) is 0 Å². The number of hydrogen-bond donors (Lipinski definition) is 1. The number of para-hydroxylation sites is 1. The summed E-state index contributed by atoms with van der Waals surface area (Å²) in [4.78, 5) is 12.0. The fraction of sp³-hybridized carbons (Fsp3) is 0.222. The molecular formula is C18H19N3O2S. The first-order chi connectivity index (χ1) is 11.8. The van der Waals surface area contributed by atoms with Crippen molar-refractivity contribution in [3.63, 3.8) is 0 Å². The lowest BCUT2D eigenvalue weighted by Crippen LogP contribution is -2.27. The summed E-state index contributed by atoms with van der Waals surface area (Å²) in [5, 5.41) is 7.23. The Morgan fingerprint density at radius 3 is 2.88 bits per heavy atom. The van der Waals surface area contributed by atoms with Gasteiger partial charge in [-0.2, -0.15) is 16.9 Å². The molecule has 0 aliphatic heterocycles. The van der Waals surface area contributed by atoms with E-state index in [0.717, 1.165) is 28.5 Å². The fourth-order valence-corrected chi connectivity index (χ4v) is 3.01. The molecule has 0 saturated carbocycles. The molecular weight excluding hydrogens is 322 g/mol. The van der Waals surface area contributed by atoms with Crippen LogP contribution in [-0.4, -0.2) is 28.0 Å². The highest BCUT2D eigenvalue weighted by molar-refractivity contribution is 7.98. The molecule has 24 heavy (non-hydrogen) atoms. The number of nitrogens with one attached hydrogen (secondary N) is 1. The van der Waals surface area contributed by atoms with Gasteiger partial charge in [-0.15, -0.1) is 0 Å². The Hall–Kier alpha value is -2.47. The number of rotatable bonds is 8. The molecule has 5 nitrogen and oxygen atoms in total. The maximum Gasteiger partial charge on any atom is 0.224 e. The van der Waals surface area contributed by atoms with Crippen LogP contribution >= 0.6 is 11.8 Å². The van der Waals surface area contributed by atoms with Crippen molar-refractivity contribution in [2.24, 2.45) is 0 Å². The summed E-state index contributed by atoms with van der Waals surface area (Å²) in [6.07, 6.45) is 5.64. The summed E-state index contributed by atoms with van der Waals surface area (Å²) in [5.41, 5.74) is 1.89. The second-order valence-corrected chi connectivity index (χ2v) is 6.39. The lowest BCUT2D eigenvalue weighted by atomic mass is 10.2. The van der Waals surface area contributed by atoms with Crippen molar-refractivity contribution in [2.75, 3.05) is 12.3 Å². The Bertz CT molecular complexity index is 754. The highest BCUT2D eigenvalue weighted by Crippen LogP contribution is 2.11. The zero-order chi connectivity index (χ0) is 16.6. The minimum absolute atomic E-state index is 0.0150. The van der Waals surface area contributed by atoms with Crippen molar-refractivity contribution in [3.05, 3.63) is 72.4 Å².